The van der Waals surface area contributed by atoms with Crippen molar-refractivity contribution < 1.29 is 13.0 Å². The minimum Gasteiger partial charge on any atom is -0.344 e. The molecule has 0 saturated heterocycles. The Morgan fingerprint density at radius 3 is 2.00 bits per heavy atom. The molecule has 0 bridgehead atoms. The van der Waals surface area contributed by atoms with Gasteiger partial charge in [-0.15, -0.1) is 0 Å². The molecule has 0 saturated carbocycles. The third-order valence-electron chi connectivity index (χ3n) is 2.42. The van der Waals surface area contributed by atoms with Crippen molar-refractivity contribution in [1.29, 1.82) is 0 Å². The van der Waals surface area contributed by atoms with Crippen LogP contribution in [0.3, 0.4) is 0 Å². The molecule has 0 fully saturated rings. The molecule has 2 N–H and O–H groups in total. The predicted molar refractivity (Wildman–Crippen MR) is 76.0 cm³/mol. The van der Waals surface area contributed by atoms with E-state index in [2.05, 4.69) is 5.32 Å². The summed E-state index contributed by atoms with van der Waals surface area (Å²) < 4.78 is 32.0. The number of nitrogens with one attached hydrogen (secondary N) is 1. The van der Waals surface area contributed by atoms with E-state index in [0.29, 0.717) is 11.3 Å². The second-order valence-corrected chi connectivity index (χ2v) is 5.28. The highest BCUT2D eigenvalue weighted by Gasteiger charge is 2.13. The van der Waals surface area contributed by atoms with Crippen molar-refractivity contribution >= 4 is 21.9 Å². The van der Waals surface area contributed by atoms with Crippen LogP contribution < -0.4 is 5.32 Å². The first kappa shape index (κ1) is 13.3. The van der Waals surface area contributed by atoms with Crippen LogP contribution in [0.4, 0.5) is 5.69 Å². The van der Waals surface area contributed by atoms with Gasteiger partial charge in [0, 0.05) is 5.69 Å². The normalized spacial score (nSPS) is 12.2. The van der Waals surface area contributed by atoms with Crippen molar-refractivity contribution in [3.8, 4) is 0 Å². The lowest BCUT2D eigenvalue weighted by atomic mass is 10.2. The van der Waals surface area contributed by atoms with Gasteiger partial charge in [-0.3, -0.25) is 4.55 Å². The summed E-state index contributed by atoms with van der Waals surface area (Å²) in [6.07, 6.45) is 1.38. The van der Waals surface area contributed by atoms with Crippen molar-refractivity contribution in [3.63, 3.8) is 0 Å². The second-order valence-electron chi connectivity index (χ2n) is 3.89. The minimum absolute atomic E-state index is 0.259. The molecule has 0 aliphatic rings. The van der Waals surface area contributed by atoms with Crippen LogP contribution in [0, 0.1) is 0 Å². The Bertz CT molecular complexity index is 664. The van der Waals surface area contributed by atoms with Gasteiger partial charge in [0.25, 0.3) is 0 Å². The predicted octanol–water partition coefficient (Wildman–Crippen LogP) is 2.98. The van der Waals surface area contributed by atoms with Gasteiger partial charge in [0.15, 0.2) is 5.03 Å². The number of hydrogen-bond acceptors (Lipinski definition) is 3. The van der Waals surface area contributed by atoms with Gasteiger partial charge in [-0.25, -0.2) is 0 Å². The van der Waals surface area contributed by atoms with E-state index in [4.69, 9.17) is 0 Å². The summed E-state index contributed by atoms with van der Waals surface area (Å²) in [6, 6.07) is 17.7. The van der Waals surface area contributed by atoms with Crippen LogP contribution in [0.1, 0.15) is 5.56 Å². The van der Waals surface area contributed by atoms with E-state index in [-0.39, 0.29) is 5.03 Å². The molecule has 0 atom stereocenters. The van der Waals surface area contributed by atoms with Gasteiger partial charge in [0.05, 0.1) is 0 Å². The highest BCUT2D eigenvalue weighted by molar-refractivity contribution is 7.90. The lowest BCUT2D eigenvalue weighted by molar-refractivity contribution is 0.491. The highest BCUT2D eigenvalue weighted by Crippen LogP contribution is 2.16. The first-order valence-corrected chi connectivity index (χ1v) is 7.06. The molecule has 0 aromatic heterocycles. The van der Waals surface area contributed by atoms with E-state index in [1.54, 1.807) is 48.5 Å². The molecule has 0 aliphatic heterocycles. The molecule has 0 aliphatic carbocycles. The van der Waals surface area contributed by atoms with Gasteiger partial charge in [-0.05, 0) is 23.8 Å². The molecule has 0 spiro atoms. The summed E-state index contributed by atoms with van der Waals surface area (Å²) in [5, 5.41) is 2.43. The number of para-hydroxylation sites is 1. The summed E-state index contributed by atoms with van der Waals surface area (Å²) >= 11 is 0. The summed E-state index contributed by atoms with van der Waals surface area (Å²) in [6.45, 7) is 0. The third kappa shape index (κ3) is 3.94. The fraction of sp³-hybridized carbons (Fsp3) is 0. The lowest BCUT2D eigenvalue weighted by Gasteiger charge is -2.08. The molecule has 2 rings (SSSR count). The first-order chi connectivity index (χ1) is 9.05. The van der Waals surface area contributed by atoms with E-state index in [0.717, 1.165) is 0 Å². The number of anilines is 1. The fourth-order valence-corrected chi connectivity index (χ4v) is 2.07. The molecule has 2 aromatic rings. The first-order valence-electron chi connectivity index (χ1n) is 5.62. The largest absolute Gasteiger partial charge is 0.344 e. The van der Waals surface area contributed by atoms with E-state index in [1.807, 2.05) is 12.1 Å². The van der Waals surface area contributed by atoms with Crippen molar-refractivity contribution in [3.05, 3.63) is 71.3 Å². The van der Waals surface area contributed by atoms with Crippen molar-refractivity contribution in [1.82, 2.24) is 0 Å². The van der Waals surface area contributed by atoms with Crippen LogP contribution in [0.15, 0.2) is 65.7 Å². The molecule has 4 nitrogen and oxygen atoms in total. The third-order valence-corrected chi connectivity index (χ3v) is 3.19. The van der Waals surface area contributed by atoms with Crippen molar-refractivity contribution in [2.75, 3.05) is 5.32 Å². The Labute approximate surface area is 112 Å². The zero-order valence-electron chi connectivity index (χ0n) is 10.0. The molecule has 0 radical (unpaired) electrons. The molecule has 0 amide bonds. The molecule has 19 heavy (non-hydrogen) atoms. The molecule has 98 valence electrons. The molecular weight excluding hydrogens is 262 g/mol. The topological polar surface area (TPSA) is 66.4 Å². The van der Waals surface area contributed by atoms with Gasteiger partial charge in [-0.1, -0.05) is 48.5 Å². The summed E-state index contributed by atoms with van der Waals surface area (Å²) in [4.78, 5) is 0. The monoisotopic (exact) mass is 275 g/mol. The van der Waals surface area contributed by atoms with Gasteiger partial charge in [-0.2, -0.15) is 8.42 Å². The highest BCUT2D eigenvalue weighted by atomic mass is 32.2. The maximum absolute atomic E-state index is 11.4. The quantitative estimate of drug-likeness (QED) is 0.842. The summed E-state index contributed by atoms with van der Waals surface area (Å²) in [5.74, 6) is 0. The Balaban J connectivity index is 2.36. The van der Waals surface area contributed by atoms with Gasteiger partial charge in [0.1, 0.15) is 0 Å². The average molecular weight is 275 g/mol. The van der Waals surface area contributed by atoms with E-state index in [1.165, 1.54) is 6.08 Å². The number of hydrogen-bond donors (Lipinski definition) is 2. The Morgan fingerprint density at radius 2 is 1.47 bits per heavy atom. The molecular formula is C14H13NO3S. The van der Waals surface area contributed by atoms with Crippen molar-refractivity contribution in [2.24, 2.45) is 0 Å². The van der Waals surface area contributed by atoms with E-state index in [9.17, 15) is 13.0 Å². The fourth-order valence-electron chi connectivity index (χ4n) is 1.54. The molecule has 2 aromatic carbocycles. The number of benzene rings is 2. The van der Waals surface area contributed by atoms with Gasteiger partial charge in [0.2, 0.25) is 0 Å². The van der Waals surface area contributed by atoms with Gasteiger partial charge < -0.3 is 5.32 Å². The van der Waals surface area contributed by atoms with Gasteiger partial charge >= 0.3 is 10.1 Å². The van der Waals surface area contributed by atoms with Crippen LogP contribution in [0.5, 0.6) is 0 Å². The Kier molecular flexibility index (Phi) is 3.99. The molecule has 0 unspecified atom stereocenters. The van der Waals surface area contributed by atoms with Crippen molar-refractivity contribution in [2.45, 2.75) is 0 Å². The van der Waals surface area contributed by atoms with E-state index < -0.39 is 10.1 Å². The van der Waals surface area contributed by atoms with Crippen LogP contribution in [-0.2, 0) is 10.1 Å². The summed E-state index contributed by atoms with van der Waals surface area (Å²) in [5.41, 5.74) is 1.26. The van der Waals surface area contributed by atoms with Crippen LogP contribution >= 0.6 is 0 Å². The lowest BCUT2D eigenvalue weighted by Crippen LogP contribution is -2.10. The zero-order valence-corrected chi connectivity index (χ0v) is 10.8. The van der Waals surface area contributed by atoms with Crippen LogP contribution in [-0.4, -0.2) is 13.0 Å². The average Bonchev–Trinajstić information content (AvgIpc) is 2.39. The minimum atomic E-state index is -4.31. The van der Waals surface area contributed by atoms with Crippen LogP contribution in [0.2, 0.25) is 0 Å². The molecule has 0 heterocycles. The van der Waals surface area contributed by atoms with E-state index >= 15 is 0 Å². The summed E-state index contributed by atoms with van der Waals surface area (Å²) in [7, 11) is -4.31. The Morgan fingerprint density at radius 1 is 0.947 bits per heavy atom. The zero-order chi connectivity index (χ0) is 13.7. The molecule has 5 heteroatoms. The maximum Gasteiger partial charge on any atom is 0.310 e. The maximum atomic E-state index is 11.4. The van der Waals surface area contributed by atoms with Crippen LogP contribution in [0.25, 0.3) is 6.08 Å². The number of rotatable bonds is 4. The smallest absolute Gasteiger partial charge is 0.310 e. The standard InChI is InChI=1S/C14H13NO3S/c16-19(17,18)14(11-12-7-3-1-4-8-12)15-13-9-5-2-6-10-13/h1-11,15H,(H,16,17,18). The second kappa shape index (κ2) is 5.69. The Hall–Kier alpha value is -2.11. The SMILES string of the molecule is O=S(=O)(O)C(=Cc1ccccc1)Nc1ccccc1.